The van der Waals surface area contributed by atoms with Crippen LogP contribution in [0.25, 0.3) is 21.9 Å². The van der Waals surface area contributed by atoms with E-state index in [1.54, 1.807) is 55.5 Å². The molecule has 10 heteroatoms. The van der Waals surface area contributed by atoms with Gasteiger partial charge in [-0.05, 0) is 55.1 Å². The van der Waals surface area contributed by atoms with Crippen LogP contribution in [0.5, 0.6) is 0 Å². The van der Waals surface area contributed by atoms with Crippen LogP contribution >= 0.6 is 23.1 Å². The lowest BCUT2D eigenvalue weighted by Gasteiger charge is -2.14. The van der Waals surface area contributed by atoms with Crippen LogP contribution in [0.4, 0.5) is 10.7 Å². The number of carbonyl (C=O) groups excluding carboxylic acids is 3. The van der Waals surface area contributed by atoms with Crippen molar-refractivity contribution in [1.82, 2.24) is 0 Å². The van der Waals surface area contributed by atoms with Gasteiger partial charge in [0.25, 0.3) is 5.91 Å². The van der Waals surface area contributed by atoms with Crippen molar-refractivity contribution in [3.05, 3.63) is 113 Å². The van der Waals surface area contributed by atoms with Gasteiger partial charge in [0.05, 0.1) is 17.9 Å². The lowest BCUT2D eigenvalue weighted by Crippen LogP contribution is -2.23. The molecule has 0 aliphatic heterocycles. The fourth-order valence-corrected chi connectivity index (χ4v) is 6.61. The molecular formula is C34H28N2O6S2. The average Bonchev–Trinajstić information content (AvgIpc) is 3.43. The summed E-state index contributed by atoms with van der Waals surface area (Å²) in [6, 6.07) is 24.7. The highest BCUT2D eigenvalue weighted by atomic mass is 32.2. The van der Waals surface area contributed by atoms with E-state index in [-0.39, 0.29) is 17.0 Å². The highest BCUT2D eigenvalue weighted by Gasteiger charge is 2.24. The van der Waals surface area contributed by atoms with Gasteiger partial charge in [-0.3, -0.25) is 9.59 Å². The van der Waals surface area contributed by atoms with Crippen molar-refractivity contribution in [2.75, 3.05) is 17.7 Å². The Balaban J connectivity index is 1.31. The van der Waals surface area contributed by atoms with E-state index >= 15 is 0 Å². The smallest absolute Gasteiger partial charge is 0.341 e. The number of methoxy groups -OCH3 is 1. The largest absolute Gasteiger partial charge is 0.478 e. The predicted molar refractivity (Wildman–Crippen MR) is 175 cm³/mol. The van der Waals surface area contributed by atoms with Crippen molar-refractivity contribution in [3.8, 4) is 11.1 Å². The second-order valence-corrected chi connectivity index (χ2v) is 12.3. The summed E-state index contributed by atoms with van der Waals surface area (Å²) in [5.74, 6) is -2.41. The average molecular weight is 625 g/mol. The van der Waals surface area contributed by atoms with E-state index in [1.165, 1.54) is 36.3 Å². The van der Waals surface area contributed by atoms with Gasteiger partial charge in [0.2, 0.25) is 5.91 Å². The minimum atomic E-state index is -1.12. The standard InChI is InChI=1S/C34H28N2O6S2/c1-19-13-15-21(16-14-19)27-18-43-32(29(27)34(41)42-3)36-30(37)20(2)44-24-10-6-9-23(17-24)35-31(38)25-11-4-7-22-8-5-12-26(28(22)25)33(39)40/h4-18,20H,1-3H3,(H,35,38)(H,36,37)(H,39,40). The number of hydrogen-bond donors (Lipinski definition) is 3. The number of carboxylic acid groups (broad SMARTS) is 1. The first-order chi connectivity index (χ1) is 21.2. The number of hydrogen-bond acceptors (Lipinski definition) is 7. The molecule has 5 aromatic rings. The minimum absolute atomic E-state index is 0.0458. The van der Waals surface area contributed by atoms with Gasteiger partial charge in [-0.2, -0.15) is 0 Å². The van der Waals surface area contributed by atoms with Crippen molar-refractivity contribution in [1.29, 1.82) is 0 Å². The molecule has 5 rings (SSSR count). The zero-order chi connectivity index (χ0) is 31.4. The van der Waals surface area contributed by atoms with Crippen molar-refractivity contribution in [3.63, 3.8) is 0 Å². The molecule has 0 aliphatic carbocycles. The molecule has 0 saturated heterocycles. The van der Waals surface area contributed by atoms with Crippen LogP contribution in [-0.2, 0) is 9.53 Å². The highest BCUT2D eigenvalue weighted by Crippen LogP contribution is 2.37. The Kier molecular flexibility index (Phi) is 9.12. The molecule has 0 bridgehead atoms. The van der Waals surface area contributed by atoms with Gasteiger partial charge in [-0.15, -0.1) is 23.1 Å². The minimum Gasteiger partial charge on any atom is -0.478 e. The number of ether oxygens (including phenoxy) is 1. The lowest BCUT2D eigenvalue weighted by atomic mass is 9.98. The molecule has 4 aromatic carbocycles. The third-order valence-electron chi connectivity index (χ3n) is 6.93. The molecule has 3 N–H and O–H groups in total. The maximum absolute atomic E-state index is 13.3. The number of aryl methyl sites for hydroxylation is 1. The van der Waals surface area contributed by atoms with Gasteiger partial charge < -0.3 is 20.5 Å². The molecule has 0 saturated carbocycles. The molecule has 222 valence electrons. The van der Waals surface area contributed by atoms with Crippen LogP contribution in [0.15, 0.2) is 95.2 Å². The Morgan fingerprint density at radius 1 is 0.886 bits per heavy atom. The number of esters is 1. The Hall–Kier alpha value is -4.93. The fourth-order valence-electron chi connectivity index (χ4n) is 4.73. The van der Waals surface area contributed by atoms with Crippen molar-refractivity contribution in [2.45, 2.75) is 24.0 Å². The number of thiophene rings is 1. The van der Waals surface area contributed by atoms with E-state index in [1.807, 2.05) is 42.6 Å². The SMILES string of the molecule is COC(=O)c1c(-c2ccc(C)cc2)csc1NC(=O)C(C)Sc1cccc(NC(=O)c2cccc3cccc(C(=O)O)c23)c1. The Morgan fingerprint density at radius 2 is 1.57 bits per heavy atom. The first kappa shape index (κ1) is 30.5. The molecule has 1 unspecified atom stereocenters. The van der Waals surface area contributed by atoms with Crippen molar-refractivity contribution in [2.24, 2.45) is 0 Å². The molecule has 1 atom stereocenters. The van der Waals surface area contributed by atoms with Crippen molar-refractivity contribution >= 4 is 68.3 Å². The summed E-state index contributed by atoms with van der Waals surface area (Å²) >= 11 is 2.54. The Morgan fingerprint density at radius 3 is 2.25 bits per heavy atom. The molecule has 0 spiro atoms. The van der Waals surface area contributed by atoms with Crippen LogP contribution in [-0.4, -0.2) is 41.2 Å². The molecule has 0 aliphatic rings. The summed E-state index contributed by atoms with van der Waals surface area (Å²) in [7, 11) is 1.31. The summed E-state index contributed by atoms with van der Waals surface area (Å²) in [5, 5.41) is 18.1. The summed E-state index contributed by atoms with van der Waals surface area (Å²) in [6.45, 7) is 3.73. The molecule has 0 fully saturated rings. The molecule has 0 radical (unpaired) electrons. The zero-order valence-electron chi connectivity index (χ0n) is 24.0. The van der Waals surface area contributed by atoms with Crippen molar-refractivity contribution < 1.29 is 29.0 Å². The number of carbonyl (C=O) groups is 4. The summed E-state index contributed by atoms with van der Waals surface area (Å²) < 4.78 is 5.03. The lowest BCUT2D eigenvalue weighted by molar-refractivity contribution is -0.115. The normalized spacial score (nSPS) is 11.5. The van der Waals surface area contributed by atoms with E-state index in [4.69, 9.17) is 4.74 Å². The van der Waals surface area contributed by atoms with Gasteiger partial charge in [0.15, 0.2) is 0 Å². The van der Waals surface area contributed by atoms with Gasteiger partial charge in [0, 0.05) is 32.5 Å². The first-order valence-electron chi connectivity index (χ1n) is 13.6. The number of carboxylic acids is 1. The van der Waals surface area contributed by atoms with E-state index in [2.05, 4.69) is 10.6 Å². The van der Waals surface area contributed by atoms with E-state index in [0.717, 1.165) is 16.0 Å². The summed E-state index contributed by atoms with van der Waals surface area (Å²) in [4.78, 5) is 51.8. The van der Waals surface area contributed by atoms with E-state index < -0.39 is 23.1 Å². The summed E-state index contributed by atoms with van der Waals surface area (Å²) in [6.07, 6.45) is 0. The molecule has 8 nitrogen and oxygen atoms in total. The second-order valence-electron chi connectivity index (χ2n) is 9.96. The molecule has 44 heavy (non-hydrogen) atoms. The number of rotatable bonds is 9. The van der Waals surface area contributed by atoms with Crippen LogP contribution in [0.2, 0.25) is 0 Å². The number of nitrogens with one attached hydrogen (secondary N) is 2. The number of thioether (sulfide) groups is 1. The molecule has 1 heterocycles. The second kappa shape index (κ2) is 13.2. The molecule has 2 amide bonds. The predicted octanol–water partition coefficient (Wildman–Crippen LogP) is 7.73. The zero-order valence-corrected chi connectivity index (χ0v) is 25.7. The fraction of sp³-hybridized carbons (Fsp3) is 0.118. The quantitative estimate of drug-likeness (QED) is 0.113. The van der Waals surface area contributed by atoms with Gasteiger partial charge in [-0.25, -0.2) is 9.59 Å². The maximum Gasteiger partial charge on any atom is 0.341 e. The van der Waals surface area contributed by atoms with Crippen LogP contribution in [0, 0.1) is 6.92 Å². The van der Waals surface area contributed by atoms with E-state index in [0.29, 0.717) is 32.6 Å². The maximum atomic E-state index is 13.3. The van der Waals surface area contributed by atoms with Gasteiger partial charge >= 0.3 is 11.9 Å². The van der Waals surface area contributed by atoms with Gasteiger partial charge in [-0.1, -0.05) is 60.2 Å². The first-order valence-corrected chi connectivity index (χ1v) is 15.3. The third kappa shape index (κ3) is 6.51. The number of fused-ring (bicyclic) bond motifs is 1. The monoisotopic (exact) mass is 624 g/mol. The number of amides is 2. The third-order valence-corrected chi connectivity index (χ3v) is 8.92. The number of anilines is 2. The number of aromatic carboxylic acids is 1. The Labute approximate surface area is 262 Å². The van der Waals surface area contributed by atoms with E-state index in [9.17, 15) is 24.3 Å². The highest BCUT2D eigenvalue weighted by molar-refractivity contribution is 8.00. The summed E-state index contributed by atoms with van der Waals surface area (Å²) in [5.41, 5.74) is 3.70. The molecule has 1 aromatic heterocycles. The van der Waals surface area contributed by atoms with Crippen LogP contribution < -0.4 is 10.6 Å². The van der Waals surface area contributed by atoms with Crippen LogP contribution in [0.3, 0.4) is 0 Å². The van der Waals surface area contributed by atoms with Gasteiger partial charge in [0.1, 0.15) is 10.6 Å². The van der Waals surface area contributed by atoms with Crippen LogP contribution in [0.1, 0.15) is 43.6 Å². The topological polar surface area (TPSA) is 122 Å². The number of benzene rings is 4. The molecular weight excluding hydrogens is 597 g/mol. The Bertz CT molecular complexity index is 1890.